The quantitative estimate of drug-likeness (QED) is 0.585. The zero-order valence-electron chi connectivity index (χ0n) is 18.2. The Kier molecular flexibility index (Phi) is 6.48. The predicted molar refractivity (Wildman–Crippen MR) is 114 cm³/mol. The number of tetrazole rings is 1. The molecule has 0 saturated carbocycles. The highest BCUT2D eigenvalue weighted by atomic mass is 16.7. The van der Waals surface area contributed by atoms with Crippen molar-refractivity contribution in [3.63, 3.8) is 0 Å². The predicted octanol–water partition coefficient (Wildman–Crippen LogP) is 2.62. The summed E-state index contributed by atoms with van der Waals surface area (Å²) in [5, 5.41) is 22.7. The Morgan fingerprint density at radius 2 is 1.81 bits per heavy atom. The van der Waals surface area contributed by atoms with Gasteiger partial charge in [-0.25, -0.2) is 9.48 Å². The molecule has 0 radical (unpaired) electrons. The number of carbonyl (C=O) groups is 1. The molecule has 0 spiro atoms. The normalized spacial score (nSPS) is 25.3. The van der Waals surface area contributed by atoms with E-state index in [0.29, 0.717) is 17.9 Å². The Labute approximate surface area is 185 Å². The third-order valence-corrected chi connectivity index (χ3v) is 5.95. The summed E-state index contributed by atoms with van der Waals surface area (Å²) in [6.07, 6.45) is -2.66. The first-order chi connectivity index (χ1) is 15.5. The van der Waals surface area contributed by atoms with Crippen molar-refractivity contribution in [2.75, 3.05) is 7.11 Å². The van der Waals surface area contributed by atoms with Gasteiger partial charge in [0.05, 0.1) is 19.2 Å². The number of hydrogen-bond acceptors (Lipinski definition) is 8. The van der Waals surface area contributed by atoms with Crippen LogP contribution in [0, 0.1) is 11.8 Å². The van der Waals surface area contributed by atoms with Crippen LogP contribution in [0.3, 0.4) is 0 Å². The fraction of sp³-hybridized carbons (Fsp3) is 0.391. The Bertz CT molecular complexity index is 1040. The average molecular weight is 438 g/mol. The van der Waals surface area contributed by atoms with Gasteiger partial charge in [-0.3, -0.25) is 0 Å². The maximum Gasteiger partial charge on any atom is 0.338 e. The number of nitrogens with zero attached hydrogens (tertiary/aromatic N) is 4. The molecule has 0 amide bonds. The monoisotopic (exact) mass is 438 g/mol. The lowest BCUT2D eigenvalue weighted by Gasteiger charge is -2.41. The van der Waals surface area contributed by atoms with E-state index in [9.17, 15) is 9.90 Å². The number of hydrogen-bond donors (Lipinski definition) is 1. The van der Waals surface area contributed by atoms with E-state index >= 15 is 0 Å². The van der Waals surface area contributed by atoms with Crippen molar-refractivity contribution in [2.45, 2.75) is 38.9 Å². The standard InChI is InChI=1S/C23H26N4O5/c1-14-15(2)20(32-22(28)17-7-5-4-6-8-17)23(29)31-19(14)21-24-25-26-27(21)13-16-9-11-18(30-3)12-10-16/h4-12,14-15,19-20,23,29H,13H2,1-3H3/t14-,15+,19?,20?,23?/m1/s1. The van der Waals surface area contributed by atoms with E-state index in [1.54, 1.807) is 36.1 Å². The van der Waals surface area contributed by atoms with Crippen LogP contribution in [0.4, 0.5) is 0 Å². The highest BCUT2D eigenvalue weighted by Crippen LogP contribution is 2.40. The third kappa shape index (κ3) is 4.49. The SMILES string of the molecule is COc1ccc(Cn2nnnc2C2OC(O)C(OC(=O)c3ccccc3)[C@@H](C)[C@H]2C)cc1. The largest absolute Gasteiger partial charge is 0.497 e. The minimum Gasteiger partial charge on any atom is -0.497 e. The zero-order chi connectivity index (χ0) is 22.7. The summed E-state index contributed by atoms with van der Waals surface area (Å²) < 4.78 is 18.3. The summed E-state index contributed by atoms with van der Waals surface area (Å²) in [6, 6.07) is 16.3. The van der Waals surface area contributed by atoms with E-state index in [-0.39, 0.29) is 11.8 Å². The van der Waals surface area contributed by atoms with Gasteiger partial charge in [-0.05, 0) is 46.2 Å². The summed E-state index contributed by atoms with van der Waals surface area (Å²) in [5.74, 6) is 0.463. The zero-order valence-corrected chi connectivity index (χ0v) is 18.2. The molecule has 5 atom stereocenters. The average Bonchev–Trinajstić information content (AvgIpc) is 3.27. The molecule has 1 fully saturated rings. The summed E-state index contributed by atoms with van der Waals surface area (Å²) in [7, 11) is 1.62. The molecule has 2 aromatic carbocycles. The molecule has 1 N–H and O–H groups in total. The lowest BCUT2D eigenvalue weighted by molar-refractivity contribution is -0.254. The van der Waals surface area contributed by atoms with Crippen molar-refractivity contribution < 1.29 is 24.1 Å². The molecular weight excluding hydrogens is 412 g/mol. The molecule has 3 aromatic rings. The van der Waals surface area contributed by atoms with E-state index in [1.165, 1.54) is 0 Å². The fourth-order valence-electron chi connectivity index (χ4n) is 3.85. The number of carbonyl (C=O) groups excluding carboxylic acids is 1. The molecule has 1 aromatic heterocycles. The maximum absolute atomic E-state index is 12.5. The van der Waals surface area contributed by atoms with Gasteiger partial charge in [0.1, 0.15) is 11.9 Å². The van der Waals surface area contributed by atoms with Crippen molar-refractivity contribution in [2.24, 2.45) is 11.8 Å². The van der Waals surface area contributed by atoms with Crippen LogP contribution >= 0.6 is 0 Å². The number of esters is 1. The molecule has 1 saturated heterocycles. The van der Waals surface area contributed by atoms with Gasteiger partial charge in [-0.2, -0.15) is 0 Å². The first kappa shape index (κ1) is 21.9. The van der Waals surface area contributed by atoms with Crippen LogP contribution in [0.2, 0.25) is 0 Å². The number of rotatable bonds is 6. The summed E-state index contributed by atoms with van der Waals surface area (Å²) in [5.41, 5.74) is 1.41. The van der Waals surface area contributed by atoms with E-state index in [1.807, 2.05) is 44.2 Å². The summed E-state index contributed by atoms with van der Waals surface area (Å²) in [6.45, 7) is 4.33. The number of aliphatic hydroxyl groups is 1. The molecule has 9 nitrogen and oxygen atoms in total. The van der Waals surface area contributed by atoms with Gasteiger partial charge in [-0.1, -0.05) is 44.2 Å². The van der Waals surface area contributed by atoms with E-state index < -0.39 is 24.5 Å². The molecular formula is C23H26N4O5. The van der Waals surface area contributed by atoms with Gasteiger partial charge in [0.2, 0.25) is 0 Å². The topological polar surface area (TPSA) is 109 Å². The molecule has 1 aliphatic heterocycles. The number of aliphatic hydroxyl groups excluding tert-OH is 1. The second-order valence-corrected chi connectivity index (χ2v) is 7.94. The minimum atomic E-state index is -1.30. The first-order valence-corrected chi connectivity index (χ1v) is 10.5. The molecule has 0 bridgehead atoms. The maximum atomic E-state index is 12.5. The van der Waals surface area contributed by atoms with Gasteiger partial charge in [-0.15, -0.1) is 5.10 Å². The van der Waals surface area contributed by atoms with Gasteiger partial charge in [0.25, 0.3) is 0 Å². The first-order valence-electron chi connectivity index (χ1n) is 10.5. The fourth-order valence-corrected chi connectivity index (χ4v) is 3.85. The Balaban J connectivity index is 1.48. The lowest BCUT2D eigenvalue weighted by Crippen LogP contribution is -2.48. The van der Waals surface area contributed by atoms with Gasteiger partial charge < -0.3 is 19.3 Å². The highest BCUT2D eigenvalue weighted by Gasteiger charge is 2.45. The summed E-state index contributed by atoms with van der Waals surface area (Å²) in [4.78, 5) is 12.5. The summed E-state index contributed by atoms with van der Waals surface area (Å²) >= 11 is 0. The van der Waals surface area contributed by atoms with Crippen molar-refractivity contribution >= 4 is 5.97 Å². The lowest BCUT2D eigenvalue weighted by atomic mass is 9.83. The molecule has 4 rings (SSSR count). The minimum absolute atomic E-state index is 0.118. The van der Waals surface area contributed by atoms with Crippen LogP contribution in [-0.2, 0) is 16.0 Å². The second-order valence-electron chi connectivity index (χ2n) is 7.94. The van der Waals surface area contributed by atoms with Crippen LogP contribution < -0.4 is 4.74 Å². The molecule has 2 heterocycles. The molecule has 32 heavy (non-hydrogen) atoms. The van der Waals surface area contributed by atoms with Gasteiger partial charge in [0.15, 0.2) is 18.2 Å². The van der Waals surface area contributed by atoms with E-state index in [0.717, 1.165) is 11.3 Å². The van der Waals surface area contributed by atoms with Crippen LogP contribution in [0.1, 0.15) is 41.7 Å². The molecule has 3 unspecified atom stereocenters. The number of aromatic nitrogens is 4. The second kappa shape index (κ2) is 9.46. The van der Waals surface area contributed by atoms with Crippen LogP contribution in [0.25, 0.3) is 0 Å². The molecule has 0 aliphatic carbocycles. The number of benzene rings is 2. The molecule has 168 valence electrons. The Morgan fingerprint density at radius 1 is 1.09 bits per heavy atom. The van der Waals surface area contributed by atoms with Crippen LogP contribution in [-0.4, -0.2) is 50.8 Å². The van der Waals surface area contributed by atoms with Crippen molar-refractivity contribution in [1.29, 1.82) is 0 Å². The van der Waals surface area contributed by atoms with Gasteiger partial charge >= 0.3 is 5.97 Å². The van der Waals surface area contributed by atoms with Crippen LogP contribution in [0.15, 0.2) is 54.6 Å². The van der Waals surface area contributed by atoms with Crippen LogP contribution in [0.5, 0.6) is 5.75 Å². The Hall–Kier alpha value is -3.30. The third-order valence-electron chi connectivity index (χ3n) is 5.95. The van der Waals surface area contributed by atoms with Crippen molar-refractivity contribution in [3.8, 4) is 5.75 Å². The highest BCUT2D eigenvalue weighted by molar-refractivity contribution is 5.89. The number of ether oxygens (including phenoxy) is 3. The van der Waals surface area contributed by atoms with Crippen molar-refractivity contribution in [3.05, 3.63) is 71.5 Å². The van der Waals surface area contributed by atoms with Crippen molar-refractivity contribution in [1.82, 2.24) is 20.2 Å². The van der Waals surface area contributed by atoms with E-state index in [4.69, 9.17) is 14.2 Å². The van der Waals surface area contributed by atoms with Gasteiger partial charge in [0, 0.05) is 5.92 Å². The van der Waals surface area contributed by atoms with E-state index in [2.05, 4.69) is 15.5 Å². The molecule has 1 aliphatic rings. The number of methoxy groups -OCH3 is 1. The smallest absolute Gasteiger partial charge is 0.338 e. The molecule has 9 heteroatoms. The Morgan fingerprint density at radius 3 is 2.50 bits per heavy atom.